The number of ether oxygens (including phenoxy) is 2. The zero-order valence-electron chi connectivity index (χ0n) is 9.31. The minimum absolute atomic E-state index is 0.00644. The summed E-state index contributed by atoms with van der Waals surface area (Å²) in [6.07, 6.45) is -4.92. The van der Waals surface area contributed by atoms with Crippen LogP contribution in [-0.2, 0) is 9.47 Å². The number of nitrogens with one attached hydrogen (secondary N) is 1. The van der Waals surface area contributed by atoms with Gasteiger partial charge in [-0.2, -0.15) is 0 Å². The Kier molecular flexibility index (Phi) is 5.63. The summed E-state index contributed by atoms with van der Waals surface area (Å²) in [6, 6.07) is 0. The molecule has 0 spiro atoms. The van der Waals surface area contributed by atoms with Crippen LogP contribution in [0.25, 0.3) is 0 Å². The van der Waals surface area contributed by atoms with E-state index in [4.69, 9.17) is 15.3 Å². The van der Waals surface area contributed by atoms with Gasteiger partial charge in [-0.25, -0.2) is 0 Å². The van der Waals surface area contributed by atoms with Gasteiger partial charge in [0, 0.05) is 0 Å². The van der Waals surface area contributed by atoms with Crippen molar-refractivity contribution < 1.29 is 29.9 Å². The van der Waals surface area contributed by atoms with Crippen molar-refractivity contribution in [1.82, 2.24) is 0 Å². The highest BCUT2D eigenvalue weighted by Crippen LogP contribution is 2.28. The molecule has 100 valence electrons. The molecule has 0 saturated carbocycles. The van der Waals surface area contributed by atoms with E-state index >= 15 is 0 Å². The monoisotopic (exact) mass is 267 g/mol. The number of hydrogen-bond donors (Lipinski definition) is 5. The van der Waals surface area contributed by atoms with E-state index in [1.807, 2.05) is 0 Å². The van der Waals surface area contributed by atoms with Gasteiger partial charge in [-0.3, -0.25) is 5.41 Å². The number of hydrogen-bond acceptors (Lipinski definition) is 8. The summed E-state index contributed by atoms with van der Waals surface area (Å²) in [5, 5.41) is 44.9. The van der Waals surface area contributed by atoms with Crippen molar-refractivity contribution >= 4 is 17.7 Å². The molecule has 0 unspecified atom stereocenters. The predicted octanol–water partition coefficient (Wildman–Crippen LogP) is -1.86. The fourth-order valence-electron chi connectivity index (χ4n) is 1.42. The third-order valence-electron chi connectivity index (χ3n) is 2.47. The Morgan fingerprint density at radius 2 is 1.94 bits per heavy atom. The lowest BCUT2D eigenvalue weighted by atomic mass is 10.0. The molecular weight excluding hydrogens is 250 g/mol. The topological polar surface area (TPSA) is 123 Å². The van der Waals surface area contributed by atoms with Gasteiger partial charge in [-0.05, 0) is 0 Å². The minimum atomic E-state index is -1.38. The Morgan fingerprint density at radius 1 is 1.29 bits per heavy atom. The Labute approximate surface area is 103 Å². The van der Waals surface area contributed by atoms with Crippen LogP contribution >= 0.6 is 11.8 Å². The summed E-state index contributed by atoms with van der Waals surface area (Å²) in [5.41, 5.74) is -0.818. The van der Waals surface area contributed by atoms with Gasteiger partial charge in [0.15, 0.2) is 5.90 Å². The van der Waals surface area contributed by atoms with E-state index in [0.29, 0.717) is 0 Å². The molecule has 0 amide bonds. The number of rotatable bonds is 4. The van der Waals surface area contributed by atoms with E-state index < -0.39 is 36.5 Å². The molecule has 0 bridgehead atoms. The lowest BCUT2D eigenvalue weighted by Crippen LogP contribution is -2.57. The van der Waals surface area contributed by atoms with Crippen LogP contribution in [0.15, 0.2) is 0 Å². The molecule has 1 rings (SSSR count). The molecule has 5 N–H and O–H groups in total. The molecule has 1 fully saturated rings. The second kappa shape index (κ2) is 6.53. The Hall–Kier alpha value is -0.380. The molecule has 0 aromatic heterocycles. The Bertz CT molecular complexity index is 264. The summed E-state index contributed by atoms with van der Waals surface area (Å²) in [5.74, 6) is 0.172. The second-order valence-electron chi connectivity index (χ2n) is 3.64. The quantitative estimate of drug-likeness (QED) is 0.299. The van der Waals surface area contributed by atoms with Crippen LogP contribution < -0.4 is 0 Å². The molecule has 0 aromatic carbocycles. The summed E-state index contributed by atoms with van der Waals surface area (Å²) < 4.78 is 9.87. The van der Waals surface area contributed by atoms with Crippen LogP contribution in [0.1, 0.15) is 0 Å². The summed E-state index contributed by atoms with van der Waals surface area (Å²) in [6.45, 7) is -0.455. The Morgan fingerprint density at radius 3 is 2.47 bits per heavy atom. The van der Waals surface area contributed by atoms with E-state index in [2.05, 4.69) is 4.74 Å². The van der Waals surface area contributed by atoms with Crippen molar-refractivity contribution in [2.24, 2.45) is 0 Å². The fourth-order valence-corrected chi connectivity index (χ4v) is 2.43. The van der Waals surface area contributed by atoms with Gasteiger partial charge in [-0.1, -0.05) is 0 Å². The van der Waals surface area contributed by atoms with Gasteiger partial charge in [0.2, 0.25) is 0 Å². The SMILES string of the molecule is COC(=N)CS[C@@H]1O[C@H](CO)[C@@H](O)[C@H](O)[C@@H]1O. The number of aliphatic hydroxyl groups excluding tert-OH is 4. The third-order valence-corrected chi connectivity index (χ3v) is 3.62. The van der Waals surface area contributed by atoms with E-state index in [-0.39, 0.29) is 11.7 Å². The largest absolute Gasteiger partial charge is 0.484 e. The zero-order chi connectivity index (χ0) is 13.0. The first-order valence-electron chi connectivity index (χ1n) is 5.04. The summed E-state index contributed by atoms with van der Waals surface area (Å²) in [7, 11) is 1.36. The number of thioether (sulfide) groups is 1. The molecule has 1 aliphatic heterocycles. The van der Waals surface area contributed by atoms with Crippen LogP contribution in [0.4, 0.5) is 0 Å². The molecule has 1 aliphatic rings. The highest BCUT2D eigenvalue weighted by Gasteiger charge is 2.43. The van der Waals surface area contributed by atoms with Crippen LogP contribution in [0.3, 0.4) is 0 Å². The summed E-state index contributed by atoms with van der Waals surface area (Å²) >= 11 is 1.06. The van der Waals surface area contributed by atoms with Gasteiger partial charge in [0.05, 0.1) is 19.5 Å². The summed E-state index contributed by atoms with van der Waals surface area (Å²) in [4.78, 5) is 0. The van der Waals surface area contributed by atoms with Crippen LogP contribution in [0.5, 0.6) is 0 Å². The molecular formula is C9H17NO6S. The molecule has 0 aliphatic carbocycles. The van der Waals surface area contributed by atoms with E-state index in [0.717, 1.165) is 11.8 Å². The van der Waals surface area contributed by atoms with Gasteiger partial charge >= 0.3 is 0 Å². The van der Waals surface area contributed by atoms with Gasteiger partial charge < -0.3 is 29.9 Å². The van der Waals surface area contributed by atoms with E-state index in [1.165, 1.54) is 7.11 Å². The van der Waals surface area contributed by atoms with Gasteiger partial charge in [-0.15, -0.1) is 11.8 Å². The molecule has 7 nitrogen and oxygen atoms in total. The van der Waals surface area contributed by atoms with Crippen LogP contribution in [0.2, 0.25) is 0 Å². The molecule has 0 radical (unpaired) electrons. The van der Waals surface area contributed by atoms with Crippen molar-refractivity contribution in [3.63, 3.8) is 0 Å². The molecule has 8 heteroatoms. The number of methoxy groups -OCH3 is 1. The van der Waals surface area contributed by atoms with Gasteiger partial charge in [0.1, 0.15) is 29.9 Å². The first-order valence-corrected chi connectivity index (χ1v) is 6.09. The molecule has 1 heterocycles. The van der Waals surface area contributed by atoms with Crippen LogP contribution in [-0.4, -0.2) is 75.6 Å². The number of aliphatic hydroxyl groups is 4. The molecule has 0 aromatic rings. The van der Waals surface area contributed by atoms with E-state index in [1.54, 1.807) is 0 Å². The lowest BCUT2D eigenvalue weighted by Gasteiger charge is -2.39. The zero-order valence-corrected chi connectivity index (χ0v) is 10.1. The standard InChI is InChI=1S/C9H17NO6S/c1-15-5(10)3-17-9-8(14)7(13)6(12)4(2-11)16-9/h4,6-14H,2-3H2,1H3/t4-,6-,7+,8+,9+/m1/s1. The maximum Gasteiger partial charge on any atom is 0.190 e. The van der Waals surface area contributed by atoms with E-state index in [9.17, 15) is 15.3 Å². The third kappa shape index (κ3) is 3.54. The predicted molar refractivity (Wildman–Crippen MR) is 61.0 cm³/mol. The average Bonchev–Trinajstić information content (AvgIpc) is 2.34. The van der Waals surface area contributed by atoms with Crippen LogP contribution in [0, 0.1) is 5.41 Å². The Balaban J connectivity index is 2.56. The first kappa shape index (κ1) is 14.7. The average molecular weight is 267 g/mol. The maximum atomic E-state index is 9.66. The van der Waals surface area contributed by atoms with Crippen molar-refractivity contribution in [3.05, 3.63) is 0 Å². The lowest BCUT2D eigenvalue weighted by molar-refractivity contribution is -0.205. The maximum absolute atomic E-state index is 9.66. The molecule has 17 heavy (non-hydrogen) atoms. The normalized spacial score (nSPS) is 37.8. The van der Waals surface area contributed by atoms with Gasteiger partial charge in [0.25, 0.3) is 0 Å². The highest BCUT2D eigenvalue weighted by atomic mass is 32.2. The minimum Gasteiger partial charge on any atom is -0.484 e. The fraction of sp³-hybridized carbons (Fsp3) is 0.889. The van der Waals surface area contributed by atoms with Crippen molar-refractivity contribution in [1.29, 1.82) is 5.41 Å². The van der Waals surface area contributed by atoms with Crippen molar-refractivity contribution in [3.8, 4) is 0 Å². The molecule has 1 saturated heterocycles. The second-order valence-corrected chi connectivity index (χ2v) is 4.72. The first-order chi connectivity index (χ1) is 8.01. The van der Waals surface area contributed by atoms with Crippen molar-refractivity contribution in [2.75, 3.05) is 19.5 Å². The highest BCUT2D eigenvalue weighted by molar-refractivity contribution is 8.00. The smallest absolute Gasteiger partial charge is 0.190 e. The molecule has 5 atom stereocenters. The van der Waals surface area contributed by atoms with Crippen molar-refractivity contribution in [2.45, 2.75) is 29.9 Å².